The third-order valence-corrected chi connectivity index (χ3v) is 5.44. The zero-order valence-corrected chi connectivity index (χ0v) is 14.4. The van der Waals surface area contributed by atoms with Crippen LogP contribution < -0.4 is 0 Å². The van der Waals surface area contributed by atoms with Gasteiger partial charge in [0.15, 0.2) is 5.16 Å². The van der Waals surface area contributed by atoms with Gasteiger partial charge in [0.1, 0.15) is 9.98 Å². The minimum absolute atomic E-state index is 0.143. The molecule has 1 aliphatic heterocycles. The van der Waals surface area contributed by atoms with Gasteiger partial charge in [0, 0.05) is 16.5 Å². The lowest BCUT2D eigenvalue weighted by Crippen LogP contribution is -2.30. The highest BCUT2D eigenvalue weighted by molar-refractivity contribution is 7.99. The lowest BCUT2D eigenvalue weighted by molar-refractivity contribution is -0.0379. The van der Waals surface area contributed by atoms with E-state index in [1.54, 1.807) is 23.1 Å². The van der Waals surface area contributed by atoms with Crippen molar-refractivity contribution in [2.75, 3.05) is 0 Å². The Bertz CT molecular complexity index is 667. The number of aromatic nitrogens is 2. The molecule has 3 heterocycles. The van der Waals surface area contributed by atoms with E-state index in [2.05, 4.69) is 37.7 Å². The van der Waals surface area contributed by atoms with Crippen molar-refractivity contribution in [2.24, 2.45) is 0 Å². The van der Waals surface area contributed by atoms with Gasteiger partial charge in [-0.15, -0.1) is 11.3 Å². The maximum absolute atomic E-state index is 6.42. The molecular formula is C14H17ClN2OS2. The van der Waals surface area contributed by atoms with Gasteiger partial charge in [-0.25, -0.2) is 9.97 Å². The molecule has 3 rings (SSSR count). The lowest BCUT2D eigenvalue weighted by atomic mass is 9.95. The zero-order valence-electron chi connectivity index (χ0n) is 12.0. The Labute approximate surface area is 132 Å². The molecule has 1 aliphatic rings. The van der Waals surface area contributed by atoms with Crippen molar-refractivity contribution < 1.29 is 4.74 Å². The van der Waals surface area contributed by atoms with Crippen molar-refractivity contribution in [3.05, 3.63) is 15.6 Å². The predicted octanol–water partition coefficient (Wildman–Crippen LogP) is 4.70. The number of nitrogens with zero attached hydrogens (tertiary/aromatic N) is 2. The predicted molar refractivity (Wildman–Crippen MR) is 86.0 cm³/mol. The van der Waals surface area contributed by atoms with Crippen molar-refractivity contribution in [1.29, 1.82) is 0 Å². The SMILES string of the molecule is CC(C)Sc1nc(Cl)c2c3c(sc2n1)COC(C)(C)C3. The Morgan fingerprint density at radius 1 is 1.35 bits per heavy atom. The summed E-state index contributed by atoms with van der Waals surface area (Å²) in [6.45, 7) is 9.12. The van der Waals surface area contributed by atoms with Crippen molar-refractivity contribution in [1.82, 2.24) is 9.97 Å². The zero-order chi connectivity index (χ0) is 14.5. The first-order valence-corrected chi connectivity index (χ1v) is 8.71. The quantitative estimate of drug-likeness (QED) is 0.455. The van der Waals surface area contributed by atoms with Crippen LogP contribution in [0.25, 0.3) is 10.2 Å². The van der Waals surface area contributed by atoms with E-state index in [9.17, 15) is 0 Å². The van der Waals surface area contributed by atoms with Crippen LogP contribution in [0.1, 0.15) is 38.1 Å². The second-order valence-corrected chi connectivity index (χ2v) is 8.86. The van der Waals surface area contributed by atoms with Gasteiger partial charge < -0.3 is 4.74 Å². The van der Waals surface area contributed by atoms with Gasteiger partial charge in [-0.05, 0) is 19.4 Å². The molecule has 20 heavy (non-hydrogen) atoms. The summed E-state index contributed by atoms with van der Waals surface area (Å²) in [5, 5.41) is 2.81. The fourth-order valence-corrected chi connectivity index (χ4v) is 4.61. The highest BCUT2D eigenvalue weighted by Crippen LogP contribution is 2.41. The minimum atomic E-state index is -0.143. The van der Waals surface area contributed by atoms with Crippen molar-refractivity contribution >= 4 is 44.9 Å². The number of thioether (sulfide) groups is 1. The minimum Gasteiger partial charge on any atom is -0.370 e. The average Bonchev–Trinajstić information content (AvgIpc) is 2.64. The van der Waals surface area contributed by atoms with Crippen molar-refractivity contribution in [2.45, 2.75) is 56.7 Å². The van der Waals surface area contributed by atoms with Gasteiger partial charge >= 0.3 is 0 Å². The molecule has 0 aliphatic carbocycles. The van der Waals surface area contributed by atoms with Gasteiger partial charge in [0.05, 0.1) is 17.6 Å². The van der Waals surface area contributed by atoms with E-state index in [4.69, 9.17) is 16.3 Å². The topological polar surface area (TPSA) is 35.0 Å². The van der Waals surface area contributed by atoms with E-state index in [1.165, 1.54) is 10.4 Å². The first kappa shape index (κ1) is 14.6. The second kappa shape index (κ2) is 5.13. The number of hydrogen-bond acceptors (Lipinski definition) is 5. The molecule has 0 atom stereocenters. The van der Waals surface area contributed by atoms with Crippen molar-refractivity contribution in [3.63, 3.8) is 0 Å². The number of halogens is 1. The highest BCUT2D eigenvalue weighted by atomic mass is 35.5. The first-order valence-electron chi connectivity index (χ1n) is 6.64. The molecule has 0 unspecified atom stereocenters. The van der Waals surface area contributed by atoms with Crippen LogP contribution in [0.3, 0.4) is 0 Å². The molecule has 0 fully saturated rings. The number of ether oxygens (including phenoxy) is 1. The molecule has 0 amide bonds. The van der Waals surface area contributed by atoms with Gasteiger partial charge in [0.2, 0.25) is 0 Å². The number of fused-ring (bicyclic) bond motifs is 3. The third-order valence-electron chi connectivity index (χ3n) is 3.21. The Balaban J connectivity index is 2.12. The fourth-order valence-electron chi connectivity index (χ4n) is 2.35. The standard InChI is InChI=1S/C14H17ClN2OS2/c1-7(2)19-13-16-11(15)10-8-5-14(3,4)18-6-9(8)20-12(10)17-13/h7H,5-6H2,1-4H3. The molecule has 108 valence electrons. The summed E-state index contributed by atoms with van der Waals surface area (Å²) in [5.74, 6) is 0. The summed E-state index contributed by atoms with van der Waals surface area (Å²) in [5.41, 5.74) is 1.13. The first-order chi connectivity index (χ1) is 9.35. The van der Waals surface area contributed by atoms with E-state index in [0.29, 0.717) is 17.0 Å². The molecule has 2 aromatic heterocycles. The van der Waals surface area contributed by atoms with Crippen LogP contribution in [0.5, 0.6) is 0 Å². The molecule has 0 N–H and O–H groups in total. The van der Waals surface area contributed by atoms with Crippen molar-refractivity contribution in [3.8, 4) is 0 Å². The monoisotopic (exact) mass is 328 g/mol. The fraction of sp³-hybridized carbons (Fsp3) is 0.571. The van der Waals surface area contributed by atoms with Crippen LogP contribution >= 0.6 is 34.7 Å². The Morgan fingerprint density at radius 3 is 2.80 bits per heavy atom. The Hall–Kier alpha value is -0.360. The van der Waals surface area contributed by atoms with Crippen LogP contribution in [0.4, 0.5) is 0 Å². The van der Waals surface area contributed by atoms with E-state index in [-0.39, 0.29) is 5.60 Å². The highest BCUT2D eigenvalue weighted by Gasteiger charge is 2.30. The summed E-state index contributed by atoms with van der Waals surface area (Å²) in [6, 6.07) is 0. The summed E-state index contributed by atoms with van der Waals surface area (Å²) in [6.07, 6.45) is 0.863. The largest absolute Gasteiger partial charge is 0.370 e. The molecule has 0 aromatic carbocycles. The summed E-state index contributed by atoms with van der Waals surface area (Å²) in [7, 11) is 0. The van der Waals surface area contributed by atoms with E-state index >= 15 is 0 Å². The molecule has 0 bridgehead atoms. The Morgan fingerprint density at radius 2 is 2.10 bits per heavy atom. The molecule has 0 radical (unpaired) electrons. The van der Waals surface area contributed by atoms with Crippen LogP contribution in [-0.4, -0.2) is 20.8 Å². The van der Waals surface area contributed by atoms with E-state index in [1.807, 2.05) is 0 Å². The molecule has 2 aromatic rings. The molecule has 0 saturated heterocycles. The van der Waals surface area contributed by atoms with Gasteiger partial charge in [0.25, 0.3) is 0 Å². The molecule has 0 spiro atoms. The van der Waals surface area contributed by atoms with Gasteiger partial charge in [-0.3, -0.25) is 0 Å². The van der Waals surface area contributed by atoms with E-state index in [0.717, 1.165) is 21.8 Å². The summed E-state index contributed by atoms with van der Waals surface area (Å²) < 4.78 is 5.87. The smallest absolute Gasteiger partial charge is 0.190 e. The Kier molecular flexibility index (Phi) is 3.73. The van der Waals surface area contributed by atoms with Crippen LogP contribution in [-0.2, 0) is 17.8 Å². The lowest BCUT2D eigenvalue weighted by Gasteiger charge is -2.30. The third kappa shape index (κ3) is 2.69. The maximum atomic E-state index is 6.42. The van der Waals surface area contributed by atoms with Crippen LogP contribution in [0.15, 0.2) is 5.16 Å². The normalized spacial score (nSPS) is 17.7. The summed E-state index contributed by atoms with van der Waals surface area (Å²) >= 11 is 9.74. The molecule has 3 nitrogen and oxygen atoms in total. The number of rotatable bonds is 2. The molecule has 6 heteroatoms. The second-order valence-electron chi connectivity index (χ2n) is 5.87. The number of hydrogen-bond donors (Lipinski definition) is 0. The summed E-state index contributed by atoms with van der Waals surface area (Å²) in [4.78, 5) is 11.3. The van der Waals surface area contributed by atoms with Crippen LogP contribution in [0.2, 0.25) is 5.15 Å². The molecular weight excluding hydrogens is 312 g/mol. The van der Waals surface area contributed by atoms with Crippen LogP contribution in [0, 0.1) is 0 Å². The van der Waals surface area contributed by atoms with Gasteiger partial charge in [-0.1, -0.05) is 37.2 Å². The molecule has 0 saturated carbocycles. The average molecular weight is 329 g/mol. The van der Waals surface area contributed by atoms with Gasteiger partial charge in [-0.2, -0.15) is 0 Å². The number of thiophene rings is 1. The maximum Gasteiger partial charge on any atom is 0.190 e. The van der Waals surface area contributed by atoms with E-state index < -0.39 is 0 Å².